The van der Waals surface area contributed by atoms with Crippen molar-refractivity contribution in [2.45, 2.75) is 6.54 Å². The summed E-state index contributed by atoms with van der Waals surface area (Å²) in [5, 5.41) is 12.5. The van der Waals surface area contributed by atoms with Gasteiger partial charge in [-0.2, -0.15) is 0 Å². The summed E-state index contributed by atoms with van der Waals surface area (Å²) in [4.78, 5) is 10.5. The second-order valence-corrected chi connectivity index (χ2v) is 5.01. The van der Waals surface area contributed by atoms with Gasteiger partial charge >= 0.3 is 0 Å². The van der Waals surface area contributed by atoms with E-state index in [2.05, 4.69) is 0 Å². The Morgan fingerprint density at radius 3 is 2.75 bits per heavy atom. The van der Waals surface area contributed by atoms with Crippen molar-refractivity contribution in [3.8, 4) is 0 Å². The summed E-state index contributed by atoms with van der Waals surface area (Å²) in [6, 6.07) is 14.4. The summed E-state index contributed by atoms with van der Waals surface area (Å²) in [7, 11) is 0. The molecule has 0 aliphatic heterocycles. The predicted molar refractivity (Wildman–Crippen MR) is 79.1 cm³/mol. The maximum absolute atomic E-state index is 10.9. The molecule has 1 heterocycles. The van der Waals surface area contributed by atoms with Gasteiger partial charge in [0, 0.05) is 35.3 Å². The van der Waals surface area contributed by atoms with E-state index in [9.17, 15) is 10.1 Å². The second-order valence-electron chi connectivity index (χ2n) is 4.57. The first-order chi connectivity index (χ1) is 9.63. The zero-order valence-corrected chi connectivity index (χ0v) is 11.2. The smallest absolute Gasteiger partial charge is 0.271 e. The van der Waals surface area contributed by atoms with Crippen molar-refractivity contribution in [2.24, 2.45) is 0 Å². The van der Waals surface area contributed by atoms with Crippen LogP contribution in [0.15, 0.2) is 54.7 Å². The molecule has 5 heteroatoms. The van der Waals surface area contributed by atoms with Crippen molar-refractivity contribution < 1.29 is 4.92 Å². The van der Waals surface area contributed by atoms with E-state index in [0.717, 1.165) is 16.5 Å². The molecule has 0 saturated heterocycles. The largest absolute Gasteiger partial charge is 0.343 e. The monoisotopic (exact) mass is 286 g/mol. The van der Waals surface area contributed by atoms with Gasteiger partial charge in [-0.05, 0) is 29.8 Å². The number of hydrogen-bond acceptors (Lipinski definition) is 2. The van der Waals surface area contributed by atoms with E-state index in [0.29, 0.717) is 11.6 Å². The summed E-state index contributed by atoms with van der Waals surface area (Å²) < 4.78 is 1.98. The van der Waals surface area contributed by atoms with Crippen LogP contribution in [0.25, 0.3) is 10.9 Å². The molecule has 0 bridgehead atoms. The van der Waals surface area contributed by atoms with Crippen LogP contribution in [-0.4, -0.2) is 9.49 Å². The molecule has 0 radical (unpaired) electrons. The van der Waals surface area contributed by atoms with Crippen LogP contribution in [0.2, 0.25) is 5.02 Å². The minimum absolute atomic E-state index is 0.101. The molecule has 0 fully saturated rings. The van der Waals surface area contributed by atoms with E-state index >= 15 is 0 Å². The highest BCUT2D eigenvalue weighted by Crippen LogP contribution is 2.23. The number of nitro groups is 1. The molecule has 0 aliphatic rings. The number of hydrogen-bond donors (Lipinski definition) is 0. The first kappa shape index (κ1) is 12.7. The fourth-order valence-electron chi connectivity index (χ4n) is 2.26. The van der Waals surface area contributed by atoms with Crippen molar-refractivity contribution in [1.29, 1.82) is 0 Å². The number of nitro benzene ring substituents is 1. The minimum Gasteiger partial charge on any atom is -0.343 e. The van der Waals surface area contributed by atoms with Gasteiger partial charge in [-0.3, -0.25) is 10.1 Å². The molecule has 100 valence electrons. The van der Waals surface area contributed by atoms with Crippen LogP contribution in [0.3, 0.4) is 0 Å². The van der Waals surface area contributed by atoms with Gasteiger partial charge in [0.2, 0.25) is 0 Å². The molecule has 0 spiro atoms. The Hall–Kier alpha value is -2.33. The van der Waals surface area contributed by atoms with Crippen LogP contribution in [0.1, 0.15) is 5.56 Å². The summed E-state index contributed by atoms with van der Waals surface area (Å²) in [6.45, 7) is 0.630. The molecule has 0 N–H and O–H groups in total. The molecule has 3 rings (SSSR count). The predicted octanol–water partition coefficient (Wildman–Crippen LogP) is 4.25. The third-order valence-corrected chi connectivity index (χ3v) is 3.45. The Morgan fingerprint density at radius 2 is 2.00 bits per heavy atom. The van der Waals surface area contributed by atoms with Gasteiger partial charge in [0.25, 0.3) is 5.69 Å². The molecule has 0 aliphatic carbocycles. The number of fused-ring (bicyclic) bond motifs is 1. The SMILES string of the molecule is O=[N+]([O-])c1ccc2ccn(Cc3cccc(Cl)c3)c2c1. The van der Waals surface area contributed by atoms with Crippen molar-refractivity contribution in [1.82, 2.24) is 4.57 Å². The quantitative estimate of drug-likeness (QED) is 0.534. The number of rotatable bonds is 3. The lowest BCUT2D eigenvalue weighted by Gasteiger charge is -2.06. The van der Waals surface area contributed by atoms with Crippen LogP contribution >= 0.6 is 11.6 Å². The van der Waals surface area contributed by atoms with E-state index in [4.69, 9.17) is 11.6 Å². The van der Waals surface area contributed by atoms with Crippen molar-refractivity contribution in [3.63, 3.8) is 0 Å². The van der Waals surface area contributed by atoms with Crippen LogP contribution < -0.4 is 0 Å². The highest BCUT2D eigenvalue weighted by molar-refractivity contribution is 6.30. The molecule has 0 atom stereocenters. The van der Waals surface area contributed by atoms with E-state index in [1.54, 1.807) is 12.1 Å². The lowest BCUT2D eigenvalue weighted by Crippen LogP contribution is -1.98. The van der Waals surface area contributed by atoms with Gasteiger partial charge in [0.05, 0.1) is 10.4 Å². The maximum Gasteiger partial charge on any atom is 0.271 e. The van der Waals surface area contributed by atoms with E-state index < -0.39 is 0 Å². The zero-order valence-electron chi connectivity index (χ0n) is 10.5. The van der Waals surface area contributed by atoms with E-state index in [-0.39, 0.29) is 10.6 Å². The normalized spacial score (nSPS) is 10.8. The number of nitrogens with zero attached hydrogens (tertiary/aromatic N) is 2. The van der Waals surface area contributed by atoms with Crippen LogP contribution in [-0.2, 0) is 6.54 Å². The number of halogens is 1. The molecular formula is C15H11ClN2O2. The third-order valence-electron chi connectivity index (χ3n) is 3.21. The van der Waals surface area contributed by atoms with E-state index in [1.807, 2.05) is 41.1 Å². The third kappa shape index (κ3) is 2.38. The van der Waals surface area contributed by atoms with Gasteiger partial charge in [-0.1, -0.05) is 23.7 Å². The maximum atomic E-state index is 10.9. The molecular weight excluding hydrogens is 276 g/mol. The minimum atomic E-state index is -0.379. The second kappa shape index (κ2) is 4.98. The highest BCUT2D eigenvalue weighted by Gasteiger charge is 2.09. The first-order valence-corrected chi connectivity index (χ1v) is 6.49. The fourth-order valence-corrected chi connectivity index (χ4v) is 2.47. The Kier molecular flexibility index (Phi) is 3.16. The molecule has 4 nitrogen and oxygen atoms in total. The van der Waals surface area contributed by atoms with Crippen molar-refractivity contribution in [2.75, 3.05) is 0 Å². The molecule has 2 aromatic carbocycles. The summed E-state index contributed by atoms with van der Waals surface area (Å²) in [6.07, 6.45) is 1.93. The van der Waals surface area contributed by atoms with Crippen molar-refractivity contribution in [3.05, 3.63) is 75.4 Å². The highest BCUT2D eigenvalue weighted by atomic mass is 35.5. The molecule has 20 heavy (non-hydrogen) atoms. The zero-order chi connectivity index (χ0) is 14.1. The molecule has 0 unspecified atom stereocenters. The summed E-state index contributed by atoms with van der Waals surface area (Å²) >= 11 is 5.97. The van der Waals surface area contributed by atoms with Gasteiger partial charge in [-0.25, -0.2) is 0 Å². The molecule has 3 aromatic rings. The van der Waals surface area contributed by atoms with Crippen LogP contribution in [0, 0.1) is 10.1 Å². The number of aromatic nitrogens is 1. The van der Waals surface area contributed by atoms with E-state index in [1.165, 1.54) is 6.07 Å². The summed E-state index contributed by atoms with van der Waals surface area (Å²) in [5.41, 5.74) is 2.00. The molecule has 0 saturated carbocycles. The Balaban J connectivity index is 2.03. The standard InChI is InChI=1S/C15H11ClN2O2/c16-13-3-1-2-11(8-13)10-17-7-6-12-4-5-14(18(19)20)9-15(12)17/h1-9H,10H2. The van der Waals surface area contributed by atoms with Crippen LogP contribution in [0.5, 0.6) is 0 Å². The lowest BCUT2D eigenvalue weighted by atomic mass is 10.2. The molecule has 0 amide bonds. The Morgan fingerprint density at radius 1 is 1.15 bits per heavy atom. The Labute approximate surface area is 120 Å². The lowest BCUT2D eigenvalue weighted by molar-refractivity contribution is -0.384. The van der Waals surface area contributed by atoms with Gasteiger partial charge in [0.15, 0.2) is 0 Å². The fraction of sp³-hybridized carbons (Fsp3) is 0.0667. The van der Waals surface area contributed by atoms with Crippen molar-refractivity contribution >= 4 is 28.2 Å². The average molecular weight is 287 g/mol. The summed E-state index contributed by atoms with van der Waals surface area (Å²) in [5.74, 6) is 0. The van der Waals surface area contributed by atoms with Gasteiger partial charge in [-0.15, -0.1) is 0 Å². The number of benzene rings is 2. The van der Waals surface area contributed by atoms with Crippen LogP contribution in [0.4, 0.5) is 5.69 Å². The Bertz CT molecular complexity index is 795. The topological polar surface area (TPSA) is 48.1 Å². The van der Waals surface area contributed by atoms with Gasteiger partial charge < -0.3 is 4.57 Å². The molecule has 1 aromatic heterocycles. The van der Waals surface area contributed by atoms with Gasteiger partial charge in [0.1, 0.15) is 0 Å². The first-order valence-electron chi connectivity index (χ1n) is 6.11. The number of non-ortho nitro benzene ring substituents is 1. The average Bonchev–Trinajstić information content (AvgIpc) is 2.81.